The van der Waals surface area contributed by atoms with Crippen molar-refractivity contribution in [3.8, 4) is 5.75 Å². The number of hydrogen-bond donors (Lipinski definition) is 1. The molecule has 0 amide bonds. The topological polar surface area (TPSA) is 35.2 Å². The van der Waals surface area contributed by atoms with Gasteiger partial charge in [0.05, 0.1) is 7.11 Å². The Labute approximate surface area is 73.3 Å². The molecule has 1 aromatic carbocycles. The van der Waals surface area contributed by atoms with Gasteiger partial charge in [-0.1, -0.05) is 6.92 Å². The molecule has 1 aromatic rings. The Morgan fingerprint density at radius 2 is 2.08 bits per heavy atom. The summed E-state index contributed by atoms with van der Waals surface area (Å²) in [5.41, 5.74) is 8.92. The standard InChI is InChI=1S/C10H15NO/c1-4-8-5-9(11)6-10(12-3)7(8)2/h5-6H,4,11H2,1-3H3. The summed E-state index contributed by atoms with van der Waals surface area (Å²) in [6.45, 7) is 4.16. The molecule has 0 radical (unpaired) electrons. The molecular weight excluding hydrogens is 150 g/mol. The van der Waals surface area contributed by atoms with E-state index in [1.54, 1.807) is 7.11 Å². The second kappa shape index (κ2) is 3.48. The first-order chi connectivity index (χ1) is 5.69. The van der Waals surface area contributed by atoms with E-state index in [1.165, 1.54) is 11.1 Å². The van der Waals surface area contributed by atoms with Gasteiger partial charge >= 0.3 is 0 Å². The van der Waals surface area contributed by atoms with Gasteiger partial charge in [0.25, 0.3) is 0 Å². The van der Waals surface area contributed by atoms with E-state index >= 15 is 0 Å². The highest BCUT2D eigenvalue weighted by molar-refractivity contribution is 5.52. The zero-order valence-electron chi connectivity index (χ0n) is 7.85. The SMILES string of the molecule is CCc1cc(N)cc(OC)c1C. The van der Waals surface area contributed by atoms with E-state index in [2.05, 4.69) is 13.8 Å². The van der Waals surface area contributed by atoms with Crippen LogP contribution in [-0.4, -0.2) is 7.11 Å². The van der Waals surface area contributed by atoms with Gasteiger partial charge in [0.15, 0.2) is 0 Å². The third-order valence-electron chi connectivity index (χ3n) is 2.09. The summed E-state index contributed by atoms with van der Waals surface area (Å²) in [5.74, 6) is 0.881. The molecular formula is C10H15NO. The normalized spacial score (nSPS) is 9.92. The molecule has 0 aliphatic heterocycles. The van der Waals surface area contributed by atoms with E-state index in [4.69, 9.17) is 10.5 Å². The zero-order chi connectivity index (χ0) is 9.14. The lowest BCUT2D eigenvalue weighted by molar-refractivity contribution is 0.411. The molecule has 0 fully saturated rings. The number of benzene rings is 1. The van der Waals surface area contributed by atoms with Crippen molar-refractivity contribution in [2.45, 2.75) is 20.3 Å². The summed E-state index contributed by atoms with van der Waals surface area (Å²) in [5, 5.41) is 0. The van der Waals surface area contributed by atoms with Gasteiger partial charge < -0.3 is 10.5 Å². The third kappa shape index (κ3) is 1.52. The summed E-state index contributed by atoms with van der Waals surface area (Å²) in [7, 11) is 1.67. The van der Waals surface area contributed by atoms with Crippen LogP contribution in [0.1, 0.15) is 18.1 Å². The molecule has 0 aliphatic carbocycles. The summed E-state index contributed by atoms with van der Waals surface area (Å²) in [6.07, 6.45) is 0.993. The smallest absolute Gasteiger partial charge is 0.124 e. The van der Waals surface area contributed by atoms with Crippen molar-refractivity contribution in [1.82, 2.24) is 0 Å². The molecule has 0 atom stereocenters. The van der Waals surface area contributed by atoms with E-state index in [-0.39, 0.29) is 0 Å². The van der Waals surface area contributed by atoms with Crippen molar-refractivity contribution < 1.29 is 4.74 Å². The van der Waals surface area contributed by atoms with Crippen molar-refractivity contribution in [3.63, 3.8) is 0 Å². The molecule has 0 spiro atoms. The minimum absolute atomic E-state index is 0.773. The molecule has 0 aliphatic rings. The number of ether oxygens (including phenoxy) is 1. The molecule has 2 heteroatoms. The maximum atomic E-state index is 5.70. The fourth-order valence-electron chi connectivity index (χ4n) is 1.35. The first-order valence-corrected chi connectivity index (χ1v) is 4.12. The largest absolute Gasteiger partial charge is 0.496 e. The van der Waals surface area contributed by atoms with Crippen molar-refractivity contribution in [2.75, 3.05) is 12.8 Å². The summed E-state index contributed by atoms with van der Waals surface area (Å²) < 4.78 is 5.19. The number of anilines is 1. The predicted octanol–water partition coefficient (Wildman–Crippen LogP) is 2.15. The van der Waals surface area contributed by atoms with Crippen molar-refractivity contribution in [2.24, 2.45) is 0 Å². The van der Waals surface area contributed by atoms with Crippen LogP contribution in [0.4, 0.5) is 5.69 Å². The second-order valence-electron chi connectivity index (χ2n) is 2.86. The zero-order valence-corrected chi connectivity index (χ0v) is 7.85. The minimum atomic E-state index is 0.773. The molecule has 0 saturated heterocycles. The molecule has 0 heterocycles. The lowest BCUT2D eigenvalue weighted by Gasteiger charge is -2.09. The average molecular weight is 165 g/mol. The van der Waals surface area contributed by atoms with Gasteiger partial charge in [-0.05, 0) is 30.5 Å². The first-order valence-electron chi connectivity index (χ1n) is 4.12. The minimum Gasteiger partial charge on any atom is -0.496 e. The Hall–Kier alpha value is -1.18. The molecule has 0 saturated carbocycles. The van der Waals surface area contributed by atoms with Crippen molar-refractivity contribution >= 4 is 5.69 Å². The fraction of sp³-hybridized carbons (Fsp3) is 0.400. The Morgan fingerprint density at radius 1 is 1.42 bits per heavy atom. The quantitative estimate of drug-likeness (QED) is 0.681. The lowest BCUT2D eigenvalue weighted by atomic mass is 10.0. The van der Waals surface area contributed by atoms with Crippen molar-refractivity contribution in [3.05, 3.63) is 23.3 Å². The Kier molecular flexibility index (Phi) is 2.58. The van der Waals surface area contributed by atoms with Crippen LogP contribution in [0.5, 0.6) is 5.75 Å². The van der Waals surface area contributed by atoms with E-state index in [1.807, 2.05) is 12.1 Å². The molecule has 0 aromatic heterocycles. The Balaban J connectivity index is 3.22. The third-order valence-corrected chi connectivity index (χ3v) is 2.09. The number of aryl methyl sites for hydroxylation is 1. The molecule has 0 bridgehead atoms. The van der Waals surface area contributed by atoms with Gasteiger partial charge in [-0.15, -0.1) is 0 Å². The molecule has 1 rings (SSSR count). The van der Waals surface area contributed by atoms with Crippen LogP contribution in [0, 0.1) is 6.92 Å². The van der Waals surface area contributed by atoms with Gasteiger partial charge in [0, 0.05) is 11.8 Å². The number of nitrogens with two attached hydrogens (primary N) is 1. The van der Waals surface area contributed by atoms with E-state index in [9.17, 15) is 0 Å². The maximum Gasteiger partial charge on any atom is 0.124 e. The maximum absolute atomic E-state index is 5.70. The van der Waals surface area contributed by atoms with E-state index in [0.717, 1.165) is 17.9 Å². The van der Waals surface area contributed by atoms with Gasteiger partial charge in [-0.2, -0.15) is 0 Å². The summed E-state index contributed by atoms with van der Waals surface area (Å²) in [4.78, 5) is 0. The highest BCUT2D eigenvalue weighted by atomic mass is 16.5. The van der Waals surface area contributed by atoms with Crippen LogP contribution in [-0.2, 0) is 6.42 Å². The second-order valence-corrected chi connectivity index (χ2v) is 2.86. The van der Waals surface area contributed by atoms with Crippen LogP contribution in [0.25, 0.3) is 0 Å². The number of methoxy groups -OCH3 is 1. The van der Waals surface area contributed by atoms with Crippen LogP contribution >= 0.6 is 0 Å². The average Bonchev–Trinajstić information content (AvgIpc) is 2.08. The Bertz CT molecular complexity index is 256. The van der Waals surface area contributed by atoms with E-state index in [0.29, 0.717) is 0 Å². The highest BCUT2D eigenvalue weighted by Gasteiger charge is 2.03. The van der Waals surface area contributed by atoms with Gasteiger partial charge in [0.2, 0.25) is 0 Å². The van der Waals surface area contributed by atoms with Gasteiger partial charge in [0.1, 0.15) is 5.75 Å². The molecule has 12 heavy (non-hydrogen) atoms. The van der Waals surface area contributed by atoms with Gasteiger partial charge in [-0.3, -0.25) is 0 Å². The van der Waals surface area contributed by atoms with E-state index < -0.39 is 0 Å². The molecule has 2 nitrogen and oxygen atoms in total. The van der Waals surface area contributed by atoms with Crippen molar-refractivity contribution in [1.29, 1.82) is 0 Å². The number of rotatable bonds is 2. The summed E-state index contributed by atoms with van der Waals surface area (Å²) in [6, 6.07) is 3.85. The Morgan fingerprint density at radius 3 is 2.58 bits per heavy atom. The molecule has 66 valence electrons. The molecule has 0 unspecified atom stereocenters. The van der Waals surface area contributed by atoms with Gasteiger partial charge in [-0.25, -0.2) is 0 Å². The number of hydrogen-bond acceptors (Lipinski definition) is 2. The first kappa shape index (κ1) is 8.91. The fourth-order valence-corrected chi connectivity index (χ4v) is 1.35. The predicted molar refractivity (Wildman–Crippen MR) is 51.5 cm³/mol. The lowest BCUT2D eigenvalue weighted by Crippen LogP contribution is -1.95. The number of nitrogen functional groups attached to an aromatic ring is 1. The monoisotopic (exact) mass is 165 g/mol. The van der Waals surface area contributed by atoms with Crippen LogP contribution < -0.4 is 10.5 Å². The highest BCUT2D eigenvalue weighted by Crippen LogP contribution is 2.25. The van der Waals surface area contributed by atoms with Crippen LogP contribution in [0.2, 0.25) is 0 Å². The van der Waals surface area contributed by atoms with Crippen LogP contribution in [0.15, 0.2) is 12.1 Å². The molecule has 2 N–H and O–H groups in total. The van der Waals surface area contributed by atoms with Crippen LogP contribution in [0.3, 0.4) is 0 Å². The summed E-state index contributed by atoms with van der Waals surface area (Å²) >= 11 is 0.